The van der Waals surface area contributed by atoms with Gasteiger partial charge in [-0.1, -0.05) is 13.8 Å². The summed E-state index contributed by atoms with van der Waals surface area (Å²) in [5.41, 5.74) is -0.523. The van der Waals surface area contributed by atoms with Crippen LogP contribution in [-0.2, 0) is 4.79 Å². The average Bonchev–Trinajstić information content (AvgIpc) is 3.15. The SMILES string of the molecule is Cc1nnc(-c2ccc3nnc(NC(=O)C4(F)CCN(CC(C)C)CC4)cc3c2)o1. The van der Waals surface area contributed by atoms with E-state index < -0.39 is 11.6 Å². The predicted octanol–water partition coefficient (Wildman–Crippen LogP) is 3.39. The summed E-state index contributed by atoms with van der Waals surface area (Å²) in [4.78, 5) is 14.8. The van der Waals surface area contributed by atoms with Gasteiger partial charge in [-0.15, -0.1) is 20.4 Å². The summed E-state index contributed by atoms with van der Waals surface area (Å²) in [7, 11) is 0. The first kappa shape index (κ1) is 20.3. The monoisotopic (exact) mass is 412 g/mol. The molecule has 1 fully saturated rings. The molecule has 158 valence electrons. The lowest BCUT2D eigenvalue weighted by Crippen LogP contribution is -2.49. The Balaban J connectivity index is 1.48. The molecule has 1 amide bonds. The molecule has 0 radical (unpaired) electrons. The van der Waals surface area contributed by atoms with Crippen molar-refractivity contribution in [3.63, 3.8) is 0 Å². The fourth-order valence-corrected chi connectivity index (χ4v) is 3.71. The zero-order chi connectivity index (χ0) is 21.3. The second kappa shape index (κ2) is 8.06. The number of carbonyl (C=O) groups excluding carboxylic acids is 1. The van der Waals surface area contributed by atoms with Crippen molar-refractivity contribution in [2.24, 2.45) is 5.92 Å². The van der Waals surface area contributed by atoms with E-state index in [2.05, 4.69) is 44.5 Å². The maximum Gasteiger partial charge on any atom is 0.263 e. The Labute approximate surface area is 173 Å². The van der Waals surface area contributed by atoms with Gasteiger partial charge in [-0.05, 0) is 30.2 Å². The highest BCUT2D eigenvalue weighted by Crippen LogP contribution is 2.29. The van der Waals surface area contributed by atoms with E-state index in [9.17, 15) is 4.79 Å². The van der Waals surface area contributed by atoms with E-state index in [1.165, 1.54) is 0 Å². The molecule has 0 unspecified atom stereocenters. The van der Waals surface area contributed by atoms with E-state index in [0.29, 0.717) is 36.3 Å². The molecular weight excluding hydrogens is 387 g/mol. The second-order valence-electron chi connectivity index (χ2n) is 8.24. The highest BCUT2D eigenvalue weighted by atomic mass is 19.1. The molecule has 1 saturated heterocycles. The van der Waals surface area contributed by atoms with Gasteiger partial charge in [0.1, 0.15) is 0 Å². The van der Waals surface area contributed by atoms with E-state index in [1.54, 1.807) is 19.1 Å². The van der Waals surface area contributed by atoms with Crippen LogP contribution in [0.1, 0.15) is 32.6 Å². The van der Waals surface area contributed by atoms with Crippen LogP contribution in [0.3, 0.4) is 0 Å². The number of nitrogens with zero attached hydrogens (tertiary/aromatic N) is 5. The van der Waals surface area contributed by atoms with Crippen molar-refractivity contribution in [2.75, 3.05) is 25.0 Å². The number of nitrogens with one attached hydrogen (secondary N) is 1. The highest BCUT2D eigenvalue weighted by molar-refractivity contribution is 5.98. The average molecular weight is 412 g/mol. The Morgan fingerprint density at radius 2 is 1.97 bits per heavy atom. The summed E-state index contributed by atoms with van der Waals surface area (Å²) in [5, 5.41) is 19.3. The number of anilines is 1. The van der Waals surface area contributed by atoms with Gasteiger partial charge in [0.15, 0.2) is 11.5 Å². The Bertz CT molecular complexity index is 1060. The number of benzene rings is 1. The third kappa shape index (κ3) is 4.30. The third-order valence-corrected chi connectivity index (χ3v) is 5.28. The first-order chi connectivity index (χ1) is 14.3. The number of hydrogen-bond acceptors (Lipinski definition) is 7. The molecule has 0 spiro atoms. The van der Waals surface area contributed by atoms with Gasteiger partial charge in [0, 0.05) is 50.3 Å². The Morgan fingerprint density at radius 3 is 2.63 bits per heavy atom. The number of piperidine rings is 1. The number of halogens is 1. The van der Waals surface area contributed by atoms with Gasteiger partial charge < -0.3 is 14.6 Å². The number of carbonyl (C=O) groups is 1. The molecule has 0 bridgehead atoms. The molecule has 8 nitrogen and oxygen atoms in total. The molecule has 2 aromatic heterocycles. The van der Waals surface area contributed by atoms with E-state index in [4.69, 9.17) is 4.42 Å². The fourth-order valence-electron chi connectivity index (χ4n) is 3.71. The molecule has 1 aromatic carbocycles. The zero-order valence-corrected chi connectivity index (χ0v) is 17.4. The number of hydrogen-bond donors (Lipinski definition) is 1. The van der Waals surface area contributed by atoms with Gasteiger partial charge in [-0.2, -0.15) is 0 Å². The number of aromatic nitrogens is 4. The number of aryl methyl sites for hydroxylation is 1. The number of likely N-dealkylation sites (tertiary alicyclic amines) is 1. The van der Waals surface area contributed by atoms with Crippen molar-refractivity contribution in [3.05, 3.63) is 30.2 Å². The predicted molar refractivity (Wildman–Crippen MR) is 111 cm³/mol. The number of fused-ring (bicyclic) bond motifs is 1. The Kier molecular flexibility index (Phi) is 5.46. The van der Waals surface area contributed by atoms with Crippen LogP contribution < -0.4 is 5.32 Å². The maximum absolute atomic E-state index is 15.2. The molecule has 9 heteroatoms. The number of rotatable bonds is 5. The summed E-state index contributed by atoms with van der Waals surface area (Å²) >= 11 is 0. The first-order valence-electron chi connectivity index (χ1n) is 10.1. The quantitative estimate of drug-likeness (QED) is 0.686. The zero-order valence-electron chi connectivity index (χ0n) is 17.4. The lowest BCUT2D eigenvalue weighted by atomic mass is 9.92. The van der Waals surface area contributed by atoms with Gasteiger partial charge >= 0.3 is 0 Å². The summed E-state index contributed by atoms with van der Waals surface area (Å²) in [6.07, 6.45) is 0.348. The molecule has 1 aliphatic heterocycles. The van der Waals surface area contributed by atoms with Crippen molar-refractivity contribution < 1.29 is 13.6 Å². The lowest BCUT2D eigenvalue weighted by Gasteiger charge is -2.35. The molecule has 1 N–H and O–H groups in total. The van der Waals surface area contributed by atoms with Crippen LogP contribution in [0.4, 0.5) is 10.2 Å². The molecule has 3 heterocycles. The minimum absolute atomic E-state index is 0.174. The van der Waals surface area contributed by atoms with Crippen molar-refractivity contribution >= 4 is 22.6 Å². The Morgan fingerprint density at radius 1 is 1.20 bits per heavy atom. The third-order valence-electron chi connectivity index (χ3n) is 5.28. The van der Waals surface area contributed by atoms with E-state index in [-0.39, 0.29) is 18.7 Å². The number of alkyl halides is 1. The molecule has 3 aromatic rings. The van der Waals surface area contributed by atoms with Crippen LogP contribution in [0, 0.1) is 12.8 Å². The van der Waals surface area contributed by atoms with Gasteiger partial charge in [0.05, 0.1) is 5.52 Å². The Hall–Kier alpha value is -2.94. The molecule has 4 rings (SSSR count). The molecule has 0 atom stereocenters. The lowest BCUT2D eigenvalue weighted by molar-refractivity contribution is -0.130. The van der Waals surface area contributed by atoms with Crippen LogP contribution in [0.5, 0.6) is 0 Å². The van der Waals surface area contributed by atoms with Crippen molar-refractivity contribution in [1.29, 1.82) is 0 Å². The van der Waals surface area contributed by atoms with Crippen LogP contribution >= 0.6 is 0 Å². The standard InChI is InChI=1S/C21H25FN6O2/c1-13(2)12-28-8-6-21(22,7-9-28)20(29)23-18-11-16-10-15(4-5-17(16)25-26-18)19-27-24-14(3)30-19/h4-5,10-11,13H,6-9,12H2,1-3H3,(H,23,26,29). The van der Waals surface area contributed by atoms with Crippen LogP contribution in [-0.4, -0.2) is 56.5 Å². The summed E-state index contributed by atoms with van der Waals surface area (Å²) in [6.45, 7) is 8.03. The van der Waals surface area contributed by atoms with Crippen molar-refractivity contribution in [3.8, 4) is 11.5 Å². The normalized spacial score (nSPS) is 16.8. The second-order valence-corrected chi connectivity index (χ2v) is 8.24. The van der Waals surface area contributed by atoms with Crippen molar-refractivity contribution in [2.45, 2.75) is 39.3 Å². The largest absolute Gasteiger partial charge is 0.421 e. The van der Waals surface area contributed by atoms with Crippen molar-refractivity contribution in [1.82, 2.24) is 25.3 Å². The van der Waals surface area contributed by atoms with E-state index in [1.807, 2.05) is 12.1 Å². The minimum atomic E-state index is -1.90. The summed E-state index contributed by atoms with van der Waals surface area (Å²) < 4.78 is 20.7. The molecule has 0 aliphatic carbocycles. The summed E-state index contributed by atoms with van der Waals surface area (Å²) in [5.74, 6) is 0.933. The van der Waals surface area contributed by atoms with Crippen LogP contribution in [0.25, 0.3) is 22.4 Å². The molecule has 0 saturated carbocycles. The smallest absolute Gasteiger partial charge is 0.263 e. The number of amides is 1. The molecule has 1 aliphatic rings. The summed E-state index contributed by atoms with van der Waals surface area (Å²) in [6, 6.07) is 7.08. The molecular formula is C21H25FN6O2. The van der Waals surface area contributed by atoms with Crippen LogP contribution in [0.15, 0.2) is 28.7 Å². The highest BCUT2D eigenvalue weighted by Gasteiger charge is 2.41. The van der Waals surface area contributed by atoms with Gasteiger partial charge in [-0.25, -0.2) is 4.39 Å². The van der Waals surface area contributed by atoms with Gasteiger partial charge in [0.2, 0.25) is 11.8 Å². The topological polar surface area (TPSA) is 97.0 Å². The first-order valence-corrected chi connectivity index (χ1v) is 10.1. The maximum atomic E-state index is 15.2. The van der Waals surface area contributed by atoms with Gasteiger partial charge in [0.25, 0.3) is 5.91 Å². The van der Waals surface area contributed by atoms with E-state index in [0.717, 1.165) is 17.5 Å². The fraction of sp³-hybridized carbons (Fsp3) is 0.476. The minimum Gasteiger partial charge on any atom is -0.421 e. The van der Waals surface area contributed by atoms with E-state index >= 15 is 4.39 Å². The molecule has 30 heavy (non-hydrogen) atoms. The van der Waals surface area contributed by atoms with Crippen LogP contribution in [0.2, 0.25) is 0 Å². The van der Waals surface area contributed by atoms with Gasteiger partial charge in [-0.3, -0.25) is 4.79 Å².